The molecule has 4 nitrogen and oxygen atoms in total. The summed E-state index contributed by atoms with van der Waals surface area (Å²) in [5.74, 6) is 0.995. The smallest absolute Gasteiger partial charge is 0.124 e. The monoisotopic (exact) mass is 311 g/mol. The third-order valence-electron chi connectivity index (χ3n) is 4.30. The standard InChI is InChI=1S/C19H25N3O/c1-2-23-19-9-4-3-8-17(19)18(22-13-11-20-12-14-22)15-16-7-5-6-10-21-16/h3-10,18,20H,2,11-15H2,1H3. The molecule has 0 amide bonds. The highest BCUT2D eigenvalue weighted by atomic mass is 16.5. The first-order valence-corrected chi connectivity index (χ1v) is 8.45. The summed E-state index contributed by atoms with van der Waals surface area (Å²) in [5.41, 5.74) is 2.39. The fourth-order valence-electron chi connectivity index (χ4n) is 3.19. The maximum atomic E-state index is 5.88. The molecular formula is C19H25N3O. The van der Waals surface area contributed by atoms with Crippen LogP contribution in [0.2, 0.25) is 0 Å². The van der Waals surface area contributed by atoms with Crippen LogP contribution in [0.25, 0.3) is 0 Å². The predicted octanol–water partition coefficient (Wildman–Crippen LogP) is 2.67. The van der Waals surface area contributed by atoms with Crippen LogP contribution in [-0.4, -0.2) is 42.7 Å². The molecule has 2 aromatic rings. The number of hydrogen-bond acceptors (Lipinski definition) is 4. The molecule has 0 radical (unpaired) electrons. The topological polar surface area (TPSA) is 37.4 Å². The van der Waals surface area contributed by atoms with Crippen LogP contribution < -0.4 is 10.1 Å². The first-order chi connectivity index (χ1) is 11.4. The number of para-hydroxylation sites is 1. The van der Waals surface area contributed by atoms with E-state index in [1.807, 2.05) is 25.3 Å². The molecule has 1 saturated heterocycles. The number of piperazine rings is 1. The number of benzene rings is 1. The number of nitrogens with zero attached hydrogens (tertiary/aromatic N) is 2. The van der Waals surface area contributed by atoms with Crippen LogP contribution in [0.1, 0.15) is 24.2 Å². The molecule has 0 spiro atoms. The molecule has 1 atom stereocenters. The fraction of sp³-hybridized carbons (Fsp3) is 0.421. The van der Waals surface area contributed by atoms with Crippen molar-refractivity contribution in [2.75, 3.05) is 32.8 Å². The van der Waals surface area contributed by atoms with Gasteiger partial charge >= 0.3 is 0 Å². The van der Waals surface area contributed by atoms with Crippen molar-refractivity contribution in [2.45, 2.75) is 19.4 Å². The molecule has 1 N–H and O–H groups in total. The molecule has 0 bridgehead atoms. The highest BCUT2D eigenvalue weighted by molar-refractivity contribution is 5.37. The van der Waals surface area contributed by atoms with Gasteiger partial charge in [0.05, 0.1) is 6.61 Å². The van der Waals surface area contributed by atoms with Gasteiger partial charge < -0.3 is 10.1 Å². The van der Waals surface area contributed by atoms with Gasteiger partial charge in [-0.2, -0.15) is 0 Å². The Morgan fingerprint density at radius 2 is 1.91 bits per heavy atom. The second-order valence-electron chi connectivity index (χ2n) is 5.80. The van der Waals surface area contributed by atoms with E-state index < -0.39 is 0 Å². The number of nitrogens with one attached hydrogen (secondary N) is 1. The summed E-state index contributed by atoms with van der Waals surface area (Å²) >= 11 is 0. The van der Waals surface area contributed by atoms with Crippen molar-refractivity contribution in [1.29, 1.82) is 0 Å². The quantitative estimate of drug-likeness (QED) is 0.890. The number of hydrogen-bond donors (Lipinski definition) is 1. The normalized spacial score (nSPS) is 16.9. The predicted molar refractivity (Wildman–Crippen MR) is 92.7 cm³/mol. The Balaban J connectivity index is 1.91. The van der Waals surface area contributed by atoms with Crippen LogP contribution in [0.5, 0.6) is 5.75 Å². The molecule has 1 aromatic heterocycles. The molecule has 0 aliphatic carbocycles. The Bertz CT molecular complexity index is 597. The molecular weight excluding hydrogens is 286 g/mol. The highest BCUT2D eigenvalue weighted by Gasteiger charge is 2.25. The molecule has 1 aliphatic heterocycles. The van der Waals surface area contributed by atoms with Crippen molar-refractivity contribution in [2.24, 2.45) is 0 Å². The minimum absolute atomic E-state index is 0.301. The van der Waals surface area contributed by atoms with E-state index in [-0.39, 0.29) is 0 Å². The van der Waals surface area contributed by atoms with E-state index in [0.717, 1.165) is 44.0 Å². The number of aromatic nitrogens is 1. The van der Waals surface area contributed by atoms with Crippen molar-refractivity contribution in [1.82, 2.24) is 15.2 Å². The lowest BCUT2D eigenvalue weighted by Gasteiger charge is -2.35. The van der Waals surface area contributed by atoms with E-state index in [9.17, 15) is 0 Å². The van der Waals surface area contributed by atoms with Gasteiger partial charge in [-0.15, -0.1) is 0 Å². The molecule has 4 heteroatoms. The van der Waals surface area contributed by atoms with Crippen molar-refractivity contribution < 1.29 is 4.74 Å². The van der Waals surface area contributed by atoms with E-state index in [0.29, 0.717) is 12.6 Å². The maximum absolute atomic E-state index is 5.88. The summed E-state index contributed by atoms with van der Waals surface area (Å²) in [5, 5.41) is 3.44. The van der Waals surface area contributed by atoms with Crippen molar-refractivity contribution in [3.05, 3.63) is 59.9 Å². The zero-order chi connectivity index (χ0) is 15.9. The molecule has 23 heavy (non-hydrogen) atoms. The number of rotatable bonds is 6. The zero-order valence-electron chi connectivity index (χ0n) is 13.7. The van der Waals surface area contributed by atoms with Crippen LogP contribution in [0, 0.1) is 0 Å². The van der Waals surface area contributed by atoms with Crippen molar-refractivity contribution in [3.8, 4) is 5.75 Å². The second-order valence-corrected chi connectivity index (χ2v) is 5.80. The summed E-state index contributed by atoms with van der Waals surface area (Å²) in [7, 11) is 0. The number of ether oxygens (including phenoxy) is 1. The molecule has 122 valence electrons. The van der Waals surface area contributed by atoms with Crippen LogP contribution >= 0.6 is 0 Å². The zero-order valence-corrected chi connectivity index (χ0v) is 13.7. The lowest BCUT2D eigenvalue weighted by atomic mass is 9.98. The third-order valence-corrected chi connectivity index (χ3v) is 4.30. The summed E-state index contributed by atoms with van der Waals surface area (Å²) in [6.07, 6.45) is 2.78. The lowest BCUT2D eigenvalue weighted by Crippen LogP contribution is -2.45. The minimum Gasteiger partial charge on any atom is -0.494 e. The molecule has 3 rings (SSSR count). The molecule has 1 fully saturated rings. The SMILES string of the molecule is CCOc1ccccc1C(Cc1ccccn1)N1CCNCC1. The van der Waals surface area contributed by atoms with Gasteiger partial charge in [0.2, 0.25) is 0 Å². The van der Waals surface area contributed by atoms with Crippen LogP contribution in [0.15, 0.2) is 48.7 Å². The third kappa shape index (κ3) is 4.09. The van der Waals surface area contributed by atoms with Gasteiger partial charge in [0.1, 0.15) is 5.75 Å². The van der Waals surface area contributed by atoms with Gasteiger partial charge in [0.25, 0.3) is 0 Å². The van der Waals surface area contributed by atoms with Gasteiger partial charge in [0.15, 0.2) is 0 Å². The summed E-state index contributed by atoms with van der Waals surface area (Å²) in [6.45, 7) is 6.91. The average molecular weight is 311 g/mol. The van der Waals surface area contributed by atoms with Gasteiger partial charge in [-0.1, -0.05) is 24.3 Å². The molecule has 1 aliphatic rings. The van der Waals surface area contributed by atoms with Gasteiger partial charge in [-0.3, -0.25) is 9.88 Å². The average Bonchev–Trinajstić information content (AvgIpc) is 2.62. The maximum Gasteiger partial charge on any atom is 0.124 e. The molecule has 1 unspecified atom stereocenters. The molecule has 0 saturated carbocycles. The Hall–Kier alpha value is -1.91. The van der Waals surface area contributed by atoms with E-state index >= 15 is 0 Å². The van der Waals surface area contributed by atoms with E-state index in [4.69, 9.17) is 4.74 Å². The summed E-state index contributed by atoms with van der Waals surface area (Å²) < 4.78 is 5.88. The largest absolute Gasteiger partial charge is 0.494 e. The Morgan fingerprint density at radius 3 is 2.65 bits per heavy atom. The van der Waals surface area contributed by atoms with Gasteiger partial charge in [0, 0.05) is 56.1 Å². The minimum atomic E-state index is 0.301. The van der Waals surface area contributed by atoms with E-state index in [1.165, 1.54) is 5.56 Å². The summed E-state index contributed by atoms with van der Waals surface area (Å²) in [4.78, 5) is 7.08. The Labute approximate surface area is 138 Å². The Morgan fingerprint density at radius 1 is 1.13 bits per heavy atom. The van der Waals surface area contributed by atoms with Gasteiger partial charge in [-0.05, 0) is 25.1 Å². The lowest BCUT2D eigenvalue weighted by molar-refractivity contribution is 0.167. The van der Waals surface area contributed by atoms with Crippen molar-refractivity contribution >= 4 is 0 Å². The van der Waals surface area contributed by atoms with Crippen LogP contribution in [0.4, 0.5) is 0 Å². The van der Waals surface area contributed by atoms with E-state index in [1.54, 1.807) is 0 Å². The van der Waals surface area contributed by atoms with Crippen LogP contribution in [0.3, 0.4) is 0 Å². The summed E-state index contributed by atoms with van der Waals surface area (Å²) in [6, 6.07) is 14.9. The van der Waals surface area contributed by atoms with Crippen molar-refractivity contribution in [3.63, 3.8) is 0 Å². The Kier molecular flexibility index (Phi) is 5.61. The highest BCUT2D eigenvalue weighted by Crippen LogP contribution is 2.32. The second kappa shape index (κ2) is 8.09. The molecule has 2 heterocycles. The van der Waals surface area contributed by atoms with Gasteiger partial charge in [-0.25, -0.2) is 0 Å². The first-order valence-electron chi connectivity index (χ1n) is 8.45. The number of pyridine rings is 1. The van der Waals surface area contributed by atoms with E-state index in [2.05, 4.69) is 45.5 Å². The fourth-order valence-corrected chi connectivity index (χ4v) is 3.19. The van der Waals surface area contributed by atoms with Crippen LogP contribution in [-0.2, 0) is 6.42 Å². The molecule has 1 aromatic carbocycles. The first kappa shape index (κ1) is 16.0.